The minimum absolute atomic E-state index is 0.267. The molecule has 0 radical (unpaired) electrons. The zero-order chi connectivity index (χ0) is 13.7. The molecule has 0 unspecified atom stereocenters. The fourth-order valence-electron chi connectivity index (χ4n) is 1.91. The first-order chi connectivity index (χ1) is 9.13. The van der Waals surface area contributed by atoms with Crippen LogP contribution in [0.1, 0.15) is 6.92 Å². The van der Waals surface area contributed by atoms with Crippen molar-refractivity contribution < 1.29 is 13.2 Å². The number of hydrogen-bond acceptors (Lipinski definition) is 5. The summed E-state index contributed by atoms with van der Waals surface area (Å²) in [5.74, 6) is 0. The maximum Gasteiger partial charge on any atom is 0.255 e. The highest BCUT2D eigenvalue weighted by Gasteiger charge is 2.22. The van der Waals surface area contributed by atoms with E-state index in [1.54, 1.807) is 23.2 Å². The first-order valence-electron chi connectivity index (χ1n) is 6.31. The van der Waals surface area contributed by atoms with Crippen molar-refractivity contribution in [1.82, 2.24) is 9.84 Å². The lowest BCUT2D eigenvalue weighted by Gasteiger charge is -2.27. The third kappa shape index (κ3) is 3.66. The summed E-state index contributed by atoms with van der Waals surface area (Å²) in [4.78, 5) is 2.86. The Morgan fingerprint density at radius 2 is 1.95 bits per heavy atom. The fraction of sp³-hybridized carbons (Fsp3) is 0.500. The van der Waals surface area contributed by atoms with Gasteiger partial charge in [0.15, 0.2) is 0 Å². The fourth-order valence-corrected chi connectivity index (χ4v) is 3.22. The van der Waals surface area contributed by atoms with Crippen molar-refractivity contribution in [2.45, 2.75) is 11.8 Å². The molecule has 2 N–H and O–H groups in total. The van der Waals surface area contributed by atoms with Crippen LogP contribution >= 0.6 is 0 Å². The predicted molar refractivity (Wildman–Crippen MR) is 73.3 cm³/mol. The zero-order valence-corrected chi connectivity index (χ0v) is 11.7. The Hall–Kier alpha value is -1.15. The number of rotatable bonds is 5. The minimum atomic E-state index is -3.55. The van der Waals surface area contributed by atoms with Crippen LogP contribution in [0.15, 0.2) is 29.2 Å². The summed E-state index contributed by atoms with van der Waals surface area (Å²) in [5.41, 5.74) is 0.616. The first-order valence-corrected chi connectivity index (χ1v) is 7.80. The third-order valence-electron chi connectivity index (χ3n) is 2.80. The van der Waals surface area contributed by atoms with Crippen molar-refractivity contribution in [2.75, 3.05) is 38.2 Å². The molecule has 0 atom stereocenters. The van der Waals surface area contributed by atoms with Crippen LogP contribution in [-0.2, 0) is 14.8 Å². The number of hydrazine groups is 1. The Balaban J connectivity index is 2.18. The summed E-state index contributed by atoms with van der Waals surface area (Å²) in [6.45, 7) is 4.79. The molecule has 7 heteroatoms. The SMILES string of the molecule is CCNc1ccccc1S(=O)(=O)NN1CCOCC1. The molecule has 2 rings (SSSR count). The van der Waals surface area contributed by atoms with Crippen LogP contribution in [0.5, 0.6) is 0 Å². The van der Waals surface area contributed by atoms with E-state index in [0.29, 0.717) is 38.5 Å². The lowest BCUT2D eigenvalue weighted by molar-refractivity contribution is 0.0272. The van der Waals surface area contributed by atoms with Crippen LogP contribution in [-0.4, -0.2) is 46.3 Å². The average Bonchev–Trinajstić information content (AvgIpc) is 2.40. The normalized spacial score (nSPS) is 17.3. The van der Waals surface area contributed by atoms with Gasteiger partial charge in [-0.25, -0.2) is 13.4 Å². The van der Waals surface area contributed by atoms with Gasteiger partial charge in [0.1, 0.15) is 4.90 Å². The Morgan fingerprint density at radius 3 is 2.63 bits per heavy atom. The number of benzene rings is 1. The van der Waals surface area contributed by atoms with E-state index in [2.05, 4.69) is 10.1 Å². The van der Waals surface area contributed by atoms with E-state index in [-0.39, 0.29) is 4.90 Å². The molecule has 0 aliphatic carbocycles. The molecule has 106 valence electrons. The predicted octanol–water partition coefficient (Wildman–Crippen LogP) is 0.644. The van der Waals surface area contributed by atoms with Gasteiger partial charge in [-0.3, -0.25) is 0 Å². The minimum Gasteiger partial charge on any atom is -0.384 e. The second-order valence-electron chi connectivity index (χ2n) is 4.22. The second kappa shape index (κ2) is 6.33. The van der Waals surface area contributed by atoms with Crippen LogP contribution in [0.4, 0.5) is 5.69 Å². The molecule has 6 nitrogen and oxygen atoms in total. The number of ether oxygens (including phenoxy) is 1. The van der Waals surface area contributed by atoms with Crippen molar-refractivity contribution in [2.24, 2.45) is 0 Å². The molecule has 1 saturated heterocycles. The second-order valence-corrected chi connectivity index (χ2v) is 5.85. The van der Waals surface area contributed by atoms with Gasteiger partial charge in [0.25, 0.3) is 10.0 Å². The quantitative estimate of drug-likeness (QED) is 0.831. The molecule has 0 bridgehead atoms. The molecule has 0 saturated carbocycles. The monoisotopic (exact) mass is 285 g/mol. The van der Waals surface area contributed by atoms with Gasteiger partial charge in [0, 0.05) is 19.6 Å². The van der Waals surface area contributed by atoms with Crippen molar-refractivity contribution in [1.29, 1.82) is 0 Å². The highest BCUT2D eigenvalue weighted by atomic mass is 32.2. The van der Waals surface area contributed by atoms with E-state index < -0.39 is 10.0 Å². The van der Waals surface area contributed by atoms with Gasteiger partial charge in [-0.05, 0) is 19.1 Å². The highest BCUT2D eigenvalue weighted by Crippen LogP contribution is 2.20. The Bertz CT molecular complexity index is 513. The summed E-state index contributed by atoms with van der Waals surface area (Å²) >= 11 is 0. The number of sulfonamides is 1. The largest absolute Gasteiger partial charge is 0.384 e. The number of nitrogens with zero attached hydrogens (tertiary/aromatic N) is 1. The summed E-state index contributed by atoms with van der Waals surface area (Å²) in [5, 5.41) is 4.73. The lowest BCUT2D eigenvalue weighted by atomic mass is 10.3. The number of hydrogen-bond donors (Lipinski definition) is 2. The van der Waals surface area contributed by atoms with Crippen LogP contribution in [0, 0.1) is 0 Å². The maximum absolute atomic E-state index is 12.4. The van der Waals surface area contributed by atoms with E-state index in [0.717, 1.165) is 0 Å². The molecular weight excluding hydrogens is 266 g/mol. The summed E-state index contributed by atoms with van der Waals surface area (Å²) in [6.07, 6.45) is 0. The number of anilines is 1. The molecule has 0 aromatic heterocycles. The molecule has 1 fully saturated rings. The Morgan fingerprint density at radius 1 is 1.26 bits per heavy atom. The van der Waals surface area contributed by atoms with Crippen LogP contribution in [0.3, 0.4) is 0 Å². The summed E-state index contributed by atoms with van der Waals surface area (Å²) in [7, 11) is -3.55. The van der Waals surface area contributed by atoms with E-state index in [1.165, 1.54) is 0 Å². The van der Waals surface area contributed by atoms with E-state index >= 15 is 0 Å². The Kier molecular flexibility index (Phi) is 4.76. The molecule has 1 aliphatic heterocycles. The Labute approximate surface area is 113 Å². The van der Waals surface area contributed by atoms with Gasteiger partial charge in [0.05, 0.1) is 18.9 Å². The third-order valence-corrected chi connectivity index (χ3v) is 4.24. The molecule has 0 spiro atoms. The van der Waals surface area contributed by atoms with Gasteiger partial charge in [-0.2, -0.15) is 0 Å². The molecule has 1 aromatic carbocycles. The van der Waals surface area contributed by atoms with Crippen molar-refractivity contribution in [3.05, 3.63) is 24.3 Å². The van der Waals surface area contributed by atoms with Gasteiger partial charge >= 0.3 is 0 Å². The standard InChI is InChI=1S/C12H19N3O3S/c1-2-13-11-5-3-4-6-12(11)19(16,17)14-15-7-9-18-10-8-15/h3-6,13-14H,2,7-10H2,1H3. The molecule has 1 heterocycles. The van der Waals surface area contributed by atoms with Gasteiger partial charge in [0.2, 0.25) is 0 Å². The van der Waals surface area contributed by atoms with Gasteiger partial charge in [-0.15, -0.1) is 4.83 Å². The van der Waals surface area contributed by atoms with Crippen molar-refractivity contribution in [3.8, 4) is 0 Å². The summed E-state index contributed by atoms with van der Waals surface area (Å²) < 4.78 is 29.9. The van der Waals surface area contributed by atoms with Gasteiger partial charge < -0.3 is 10.1 Å². The first kappa shape index (κ1) is 14.3. The van der Waals surface area contributed by atoms with Crippen LogP contribution in [0.2, 0.25) is 0 Å². The molecular formula is C12H19N3O3S. The molecule has 1 aromatic rings. The molecule has 0 amide bonds. The zero-order valence-electron chi connectivity index (χ0n) is 10.9. The van der Waals surface area contributed by atoms with Crippen molar-refractivity contribution >= 4 is 15.7 Å². The highest BCUT2D eigenvalue weighted by molar-refractivity contribution is 7.89. The van der Waals surface area contributed by atoms with Crippen LogP contribution in [0.25, 0.3) is 0 Å². The van der Waals surface area contributed by atoms with Gasteiger partial charge in [-0.1, -0.05) is 12.1 Å². The number of para-hydroxylation sites is 1. The number of morpholine rings is 1. The number of nitrogens with one attached hydrogen (secondary N) is 2. The van der Waals surface area contributed by atoms with Crippen molar-refractivity contribution in [3.63, 3.8) is 0 Å². The van der Waals surface area contributed by atoms with Crippen LogP contribution < -0.4 is 10.1 Å². The summed E-state index contributed by atoms with van der Waals surface area (Å²) in [6, 6.07) is 6.89. The molecule has 1 aliphatic rings. The lowest BCUT2D eigenvalue weighted by Crippen LogP contribution is -2.48. The van der Waals surface area contributed by atoms with E-state index in [9.17, 15) is 8.42 Å². The van der Waals surface area contributed by atoms with E-state index in [1.807, 2.05) is 13.0 Å². The molecule has 19 heavy (non-hydrogen) atoms. The topological polar surface area (TPSA) is 70.7 Å². The van der Waals surface area contributed by atoms with E-state index in [4.69, 9.17) is 4.74 Å². The maximum atomic E-state index is 12.4. The average molecular weight is 285 g/mol. The smallest absolute Gasteiger partial charge is 0.255 e.